The number of halogens is 1. The van der Waals surface area contributed by atoms with Crippen LogP contribution in [0.2, 0.25) is 0 Å². The molecule has 0 saturated heterocycles. The van der Waals surface area contributed by atoms with Crippen LogP contribution in [0.15, 0.2) is 30.5 Å². The molecule has 0 unspecified atom stereocenters. The van der Waals surface area contributed by atoms with Gasteiger partial charge in [-0.05, 0) is 17.7 Å². The van der Waals surface area contributed by atoms with E-state index >= 15 is 0 Å². The third kappa shape index (κ3) is 2.43. The number of carbonyl (C=O) groups is 1. The maximum absolute atomic E-state index is 12.7. The van der Waals surface area contributed by atoms with Gasteiger partial charge in [-0.1, -0.05) is 23.5 Å². The van der Waals surface area contributed by atoms with Crippen LogP contribution in [0.3, 0.4) is 0 Å². The second kappa shape index (κ2) is 4.40. The van der Waals surface area contributed by atoms with Crippen molar-refractivity contribution in [2.45, 2.75) is 6.92 Å². The van der Waals surface area contributed by atoms with E-state index in [1.54, 1.807) is 18.3 Å². The number of hydrogen-bond acceptors (Lipinski definition) is 3. The molecule has 0 radical (unpaired) electrons. The number of nitrogens with zero attached hydrogens (tertiary/aromatic N) is 1. The molecule has 0 bridgehead atoms. The lowest BCUT2D eigenvalue weighted by molar-refractivity contribution is -0.114. The number of thiazole rings is 1. The molecule has 0 fully saturated rings. The first-order chi connectivity index (χ1) is 7.65. The Kier molecular flexibility index (Phi) is 2.96. The predicted octanol–water partition coefficient (Wildman–Crippen LogP) is 2.91. The second-order valence-corrected chi connectivity index (χ2v) is 4.25. The van der Waals surface area contributed by atoms with Crippen LogP contribution < -0.4 is 5.32 Å². The number of anilines is 1. The molecule has 0 atom stereocenters. The van der Waals surface area contributed by atoms with E-state index in [-0.39, 0.29) is 11.7 Å². The monoisotopic (exact) mass is 236 g/mol. The highest BCUT2D eigenvalue weighted by atomic mass is 32.1. The van der Waals surface area contributed by atoms with E-state index < -0.39 is 0 Å². The molecule has 0 saturated carbocycles. The summed E-state index contributed by atoms with van der Waals surface area (Å²) in [6, 6.07) is 6.15. The largest absolute Gasteiger partial charge is 0.302 e. The first kappa shape index (κ1) is 10.8. The highest BCUT2D eigenvalue weighted by Gasteiger charge is 2.05. The number of hydrogen-bond donors (Lipinski definition) is 1. The summed E-state index contributed by atoms with van der Waals surface area (Å²) in [5.74, 6) is -0.421. The Labute approximate surface area is 96.0 Å². The van der Waals surface area contributed by atoms with Crippen molar-refractivity contribution < 1.29 is 9.18 Å². The van der Waals surface area contributed by atoms with E-state index in [1.807, 2.05) is 0 Å². The third-order valence-electron chi connectivity index (χ3n) is 1.92. The number of aromatic nitrogens is 1. The van der Waals surface area contributed by atoms with Crippen molar-refractivity contribution >= 4 is 22.4 Å². The summed E-state index contributed by atoms with van der Waals surface area (Å²) in [5, 5.41) is 3.15. The zero-order chi connectivity index (χ0) is 11.5. The number of nitrogens with one attached hydrogen (secondary N) is 1. The molecule has 1 N–H and O–H groups in total. The quantitative estimate of drug-likeness (QED) is 0.871. The van der Waals surface area contributed by atoms with E-state index in [0.29, 0.717) is 5.13 Å². The fraction of sp³-hybridized carbons (Fsp3) is 0.0909. The molecule has 0 aliphatic rings. The molecule has 1 aromatic heterocycles. The lowest BCUT2D eigenvalue weighted by Gasteiger charge is -1.95. The van der Waals surface area contributed by atoms with Gasteiger partial charge in [0, 0.05) is 13.1 Å². The first-order valence-electron chi connectivity index (χ1n) is 4.64. The van der Waals surface area contributed by atoms with Gasteiger partial charge in [-0.3, -0.25) is 4.79 Å². The van der Waals surface area contributed by atoms with Crippen LogP contribution in [-0.4, -0.2) is 10.9 Å². The van der Waals surface area contributed by atoms with Crippen LogP contribution in [0.5, 0.6) is 0 Å². The minimum Gasteiger partial charge on any atom is -0.302 e. The van der Waals surface area contributed by atoms with Crippen LogP contribution >= 0.6 is 11.3 Å². The van der Waals surface area contributed by atoms with Gasteiger partial charge in [0.1, 0.15) is 5.82 Å². The Bertz CT molecular complexity index is 507. The van der Waals surface area contributed by atoms with Crippen LogP contribution in [0, 0.1) is 5.82 Å². The third-order valence-corrected chi connectivity index (χ3v) is 2.88. The lowest BCUT2D eigenvalue weighted by atomic mass is 10.2. The fourth-order valence-electron chi connectivity index (χ4n) is 1.23. The van der Waals surface area contributed by atoms with Crippen molar-refractivity contribution in [3.05, 3.63) is 36.3 Å². The van der Waals surface area contributed by atoms with Crippen molar-refractivity contribution in [3.8, 4) is 10.4 Å². The summed E-state index contributed by atoms with van der Waals surface area (Å²) in [6.45, 7) is 1.43. The van der Waals surface area contributed by atoms with Crippen molar-refractivity contribution in [2.75, 3.05) is 5.32 Å². The zero-order valence-corrected chi connectivity index (χ0v) is 9.34. The van der Waals surface area contributed by atoms with Gasteiger partial charge in [0.25, 0.3) is 0 Å². The molecule has 5 heteroatoms. The minimum absolute atomic E-state index is 0.153. The molecule has 2 rings (SSSR count). The van der Waals surface area contributed by atoms with E-state index in [4.69, 9.17) is 0 Å². The van der Waals surface area contributed by atoms with Crippen molar-refractivity contribution in [1.82, 2.24) is 4.98 Å². The van der Waals surface area contributed by atoms with Crippen molar-refractivity contribution in [1.29, 1.82) is 0 Å². The van der Waals surface area contributed by atoms with Crippen LogP contribution in [0.1, 0.15) is 6.92 Å². The van der Waals surface area contributed by atoms with E-state index in [1.165, 1.54) is 30.4 Å². The molecule has 3 nitrogen and oxygen atoms in total. The minimum atomic E-state index is -0.268. The Morgan fingerprint density at radius 3 is 2.69 bits per heavy atom. The summed E-state index contributed by atoms with van der Waals surface area (Å²) in [6.07, 6.45) is 1.66. The van der Waals surface area contributed by atoms with Gasteiger partial charge in [0.05, 0.1) is 4.88 Å². The standard InChI is InChI=1S/C11H9FN2OS/c1-7(15)14-11-13-6-10(16-11)8-2-4-9(12)5-3-8/h2-6H,1H3,(H,13,14,15). The number of benzene rings is 1. The number of rotatable bonds is 2. The molecule has 0 aliphatic carbocycles. The molecule has 0 spiro atoms. The average Bonchev–Trinajstić information content (AvgIpc) is 2.66. The fourth-order valence-corrected chi connectivity index (χ4v) is 2.10. The summed E-state index contributed by atoms with van der Waals surface area (Å²) in [7, 11) is 0. The topological polar surface area (TPSA) is 42.0 Å². The lowest BCUT2D eigenvalue weighted by Crippen LogP contribution is -2.04. The predicted molar refractivity (Wildman–Crippen MR) is 61.8 cm³/mol. The Morgan fingerprint density at radius 1 is 1.38 bits per heavy atom. The summed E-state index contributed by atoms with van der Waals surface area (Å²) >= 11 is 1.35. The van der Waals surface area contributed by atoms with Crippen LogP contribution in [0.4, 0.5) is 9.52 Å². The molecule has 1 aromatic carbocycles. The highest BCUT2D eigenvalue weighted by molar-refractivity contribution is 7.19. The van der Waals surface area contributed by atoms with Crippen molar-refractivity contribution in [2.24, 2.45) is 0 Å². The van der Waals surface area contributed by atoms with Gasteiger partial charge in [-0.15, -0.1) is 0 Å². The second-order valence-electron chi connectivity index (χ2n) is 3.22. The highest BCUT2D eigenvalue weighted by Crippen LogP contribution is 2.28. The average molecular weight is 236 g/mol. The van der Waals surface area contributed by atoms with Gasteiger partial charge >= 0.3 is 0 Å². The Balaban J connectivity index is 2.24. The maximum atomic E-state index is 12.7. The molecule has 0 aliphatic heterocycles. The van der Waals surface area contributed by atoms with E-state index in [9.17, 15) is 9.18 Å². The zero-order valence-electron chi connectivity index (χ0n) is 8.53. The van der Waals surface area contributed by atoms with Gasteiger partial charge in [-0.25, -0.2) is 9.37 Å². The molecule has 1 heterocycles. The number of carbonyl (C=O) groups excluding carboxylic acids is 1. The van der Waals surface area contributed by atoms with Gasteiger partial charge < -0.3 is 5.32 Å². The smallest absolute Gasteiger partial charge is 0.223 e. The SMILES string of the molecule is CC(=O)Nc1ncc(-c2ccc(F)cc2)s1. The Morgan fingerprint density at radius 2 is 2.06 bits per heavy atom. The van der Waals surface area contributed by atoms with Crippen molar-refractivity contribution in [3.63, 3.8) is 0 Å². The summed E-state index contributed by atoms with van der Waals surface area (Å²) < 4.78 is 12.7. The molecular formula is C11H9FN2OS. The van der Waals surface area contributed by atoms with Gasteiger partial charge in [-0.2, -0.15) is 0 Å². The summed E-state index contributed by atoms with van der Waals surface area (Å²) in [5.41, 5.74) is 0.885. The van der Waals surface area contributed by atoms with Crippen LogP contribution in [0.25, 0.3) is 10.4 Å². The molecule has 2 aromatic rings. The van der Waals surface area contributed by atoms with E-state index in [0.717, 1.165) is 10.4 Å². The maximum Gasteiger partial charge on any atom is 0.223 e. The molecule has 1 amide bonds. The number of amides is 1. The molecule has 16 heavy (non-hydrogen) atoms. The van der Waals surface area contributed by atoms with Gasteiger partial charge in [0.2, 0.25) is 5.91 Å². The van der Waals surface area contributed by atoms with E-state index in [2.05, 4.69) is 10.3 Å². The normalized spacial score (nSPS) is 10.1. The first-order valence-corrected chi connectivity index (χ1v) is 5.46. The van der Waals surface area contributed by atoms with Crippen LogP contribution in [-0.2, 0) is 4.79 Å². The molecule has 82 valence electrons. The van der Waals surface area contributed by atoms with Gasteiger partial charge in [0.15, 0.2) is 5.13 Å². The summed E-state index contributed by atoms with van der Waals surface area (Å²) in [4.78, 5) is 15.7. The molecular weight excluding hydrogens is 227 g/mol. The Hall–Kier alpha value is -1.75.